The molecule has 0 aliphatic carbocycles. The molecule has 0 amide bonds. The summed E-state index contributed by atoms with van der Waals surface area (Å²) in [7, 11) is 0. The van der Waals surface area contributed by atoms with Crippen LogP contribution in [0.15, 0.2) is 42.5 Å². The molecule has 1 nitrogen and oxygen atoms in total. The van der Waals surface area contributed by atoms with Crippen LogP contribution >= 0.6 is 11.6 Å². The highest BCUT2D eigenvalue weighted by Gasteiger charge is 2.29. The van der Waals surface area contributed by atoms with Crippen molar-refractivity contribution in [3.8, 4) is 11.5 Å². The lowest BCUT2D eigenvalue weighted by Crippen LogP contribution is -2.03. The van der Waals surface area contributed by atoms with Crippen LogP contribution in [0.2, 0.25) is 5.02 Å². The summed E-state index contributed by atoms with van der Waals surface area (Å²) in [6.07, 6.45) is -4.34. The van der Waals surface area contributed by atoms with Crippen LogP contribution in [0, 0.1) is 6.07 Å². The fourth-order valence-electron chi connectivity index (χ4n) is 1.33. The number of hydrogen-bond acceptors (Lipinski definition) is 1. The molecule has 0 heterocycles. The molecule has 0 unspecified atom stereocenters. The first kappa shape index (κ1) is 12.8. The average molecular weight is 272 g/mol. The molecule has 2 aromatic carbocycles. The third-order valence-electron chi connectivity index (χ3n) is 2.16. The van der Waals surface area contributed by atoms with Gasteiger partial charge in [-0.2, -0.15) is 13.2 Å². The van der Waals surface area contributed by atoms with Crippen molar-refractivity contribution in [2.24, 2.45) is 0 Å². The molecule has 0 bridgehead atoms. The normalized spacial score (nSPS) is 11.3. The Hall–Kier alpha value is -1.68. The van der Waals surface area contributed by atoms with Crippen molar-refractivity contribution in [1.82, 2.24) is 0 Å². The molecule has 0 N–H and O–H groups in total. The Morgan fingerprint density at radius 2 is 1.67 bits per heavy atom. The van der Waals surface area contributed by atoms with Gasteiger partial charge in [0.1, 0.15) is 11.5 Å². The third-order valence-corrected chi connectivity index (χ3v) is 2.37. The molecular formula is C13H7ClF3O. The van der Waals surface area contributed by atoms with Crippen LogP contribution in [0.3, 0.4) is 0 Å². The van der Waals surface area contributed by atoms with E-state index in [2.05, 4.69) is 6.07 Å². The van der Waals surface area contributed by atoms with Crippen molar-refractivity contribution >= 4 is 11.6 Å². The Kier molecular flexibility index (Phi) is 3.48. The summed E-state index contributed by atoms with van der Waals surface area (Å²) in [6.45, 7) is 0. The Bertz CT molecular complexity index is 535. The molecule has 0 fully saturated rings. The molecule has 2 aromatic rings. The van der Waals surface area contributed by atoms with Crippen molar-refractivity contribution in [3.63, 3.8) is 0 Å². The second-order valence-electron chi connectivity index (χ2n) is 3.50. The smallest absolute Gasteiger partial charge is 0.416 e. The Morgan fingerprint density at radius 3 is 2.22 bits per heavy atom. The minimum atomic E-state index is -4.34. The van der Waals surface area contributed by atoms with Gasteiger partial charge in [-0.1, -0.05) is 11.6 Å². The van der Waals surface area contributed by atoms with Gasteiger partial charge in [0.25, 0.3) is 0 Å². The lowest BCUT2D eigenvalue weighted by Gasteiger charge is -2.09. The largest absolute Gasteiger partial charge is 0.457 e. The van der Waals surface area contributed by atoms with Gasteiger partial charge in [0.05, 0.1) is 10.6 Å². The Morgan fingerprint density at radius 1 is 1.00 bits per heavy atom. The van der Waals surface area contributed by atoms with Crippen molar-refractivity contribution < 1.29 is 17.9 Å². The second kappa shape index (κ2) is 4.90. The predicted molar refractivity (Wildman–Crippen MR) is 61.8 cm³/mol. The van der Waals surface area contributed by atoms with Crippen LogP contribution < -0.4 is 4.74 Å². The molecule has 18 heavy (non-hydrogen) atoms. The number of alkyl halides is 3. The molecule has 2 rings (SSSR count). The van der Waals surface area contributed by atoms with Gasteiger partial charge in [0.2, 0.25) is 0 Å². The lowest BCUT2D eigenvalue weighted by atomic mass is 10.2. The average Bonchev–Trinajstić information content (AvgIpc) is 2.28. The van der Waals surface area contributed by atoms with Crippen LogP contribution in [0.4, 0.5) is 13.2 Å². The summed E-state index contributed by atoms with van der Waals surface area (Å²) in [5, 5.41) is 0.374. The van der Waals surface area contributed by atoms with Crippen LogP contribution in [-0.2, 0) is 6.18 Å². The van der Waals surface area contributed by atoms with Gasteiger partial charge in [-0.15, -0.1) is 0 Å². The topological polar surface area (TPSA) is 9.23 Å². The van der Waals surface area contributed by atoms with E-state index < -0.39 is 11.7 Å². The van der Waals surface area contributed by atoms with E-state index in [-0.39, 0.29) is 0 Å². The lowest BCUT2D eigenvalue weighted by molar-refractivity contribution is -0.137. The van der Waals surface area contributed by atoms with Crippen molar-refractivity contribution in [1.29, 1.82) is 0 Å². The van der Waals surface area contributed by atoms with Crippen LogP contribution in [-0.4, -0.2) is 0 Å². The first-order valence-electron chi connectivity index (χ1n) is 4.97. The molecule has 0 atom stereocenters. The molecule has 0 aliphatic heterocycles. The zero-order chi connectivity index (χ0) is 13.2. The highest BCUT2D eigenvalue weighted by atomic mass is 35.5. The maximum absolute atomic E-state index is 12.3. The first-order valence-corrected chi connectivity index (χ1v) is 5.35. The van der Waals surface area contributed by atoms with E-state index in [1.54, 1.807) is 12.1 Å². The molecular weight excluding hydrogens is 265 g/mol. The molecule has 0 aromatic heterocycles. The molecule has 5 heteroatoms. The van der Waals surface area contributed by atoms with Crippen LogP contribution in [0.25, 0.3) is 0 Å². The van der Waals surface area contributed by atoms with E-state index in [1.165, 1.54) is 18.2 Å². The van der Waals surface area contributed by atoms with Gasteiger partial charge in [0.15, 0.2) is 0 Å². The highest BCUT2D eigenvalue weighted by Crippen LogP contribution is 2.31. The first-order chi connectivity index (χ1) is 8.45. The Balaban J connectivity index is 2.16. The maximum Gasteiger partial charge on any atom is 0.416 e. The third kappa shape index (κ3) is 3.17. The molecule has 93 valence electrons. The molecule has 0 aliphatic rings. The van der Waals surface area contributed by atoms with E-state index in [0.29, 0.717) is 16.5 Å². The van der Waals surface area contributed by atoms with E-state index in [1.807, 2.05) is 0 Å². The summed E-state index contributed by atoms with van der Waals surface area (Å²) in [5.74, 6) is 0.753. The summed E-state index contributed by atoms with van der Waals surface area (Å²) in [6, 6.07) is 11.9. The number of ether oxygens (including phenoxy) is 1. The Labute approximate surface area is 107 Å². The summed E-state index contributed by atoms with van der Waals surface area (Å²) in [5.41, 5.74) is -0.714. The zero-order valence-corrected chi connectivity index (χ0v) is 9.72. The minimum Gasteiger partial charge on any atom is -0.457 e. The predicted octanol–water partition coefficient (Wildman–Crippen LogP) is 4.95. The van der Waals surface area contributed by atoms with Crippen molar-refractivity contribution in [3.05, 3.63) is 59.1 Å². The summed E-state index contributed by atoms with van der Waals surface area (Å²) in [4.78, 5) is 0. The number of benzene rings is 2. The minimum absolute atomic E-state index is 0.310. The number of hydrogen-bond donors (Lipinski definition) is 0. The van der Waals surface area contributed by atoms with E-state index in [9.17, 15) is 13.2 Å². The molecule has 0 spiro atoms. The standard InChI is InChI=1S/C13H7ClF3O/c14-10-2-1-3-12(8-10)18-11-6-4-9(5-7-11)13(15,16)17/h1,3-8H. The van der Waals surface area contributed by atoms with Gasteiger partial charge in [-0.05, 0) is 36.4 Å². The highest BCUT2D eigenvalue weighted by molar-refractivity contribution is 6.30. The van der Waals surface area contributed by atoms with Gasteiger partial charge >= 0.3 is 6.18 Å². The van der Waals surface area contributed by atoms with Gasteiger partial charge in [0, 0.05) is 12.1 Å². The van der Waals surface area contributed by atoms with E-state index >= 15 is 0 Å². The van der Waals surface area contributed by atoms with Gasteiger partial charge in [-0.3, -0.25) is 0 Å². The van der Waals surface area contributed by atoms with Crippen LogP contribution in [0.1, 0.15) is 5.56 Å². The molecule has 0 saturated heterocycles. The van der Waals surface area contributed by atoms with Crippen LogP contribution in [0.5, 0.6) is 11.5 Å². The number of halogens is 4. The quantitative estimate of drug-likeness (QED) is 0.751. The van der Waals surface area contributed by atoms with Crippen molar-refractivity contribution in [2.75, 3.05) is 0 Å². The van der Waals surface area contributed by atoms with Gasteiger partial charge < -0.3 is 4.74 Å². The van der Waals surface area contributed by atoms with Gasteiger partial charge in [-0.25, -0.2) is 0 Å². The maximum atomic E-state index is 12.3. The molecule has 1 radical (unpaired) electrons. The fourth-order valence-corrected chi connectivity index (χ4v) is 1.50. The monoisotopic (exact) mass is 271 g/mol. The molecule has 0 saturated carbocycles. The summed E-state index contributed by atoms with van der Waals surface area (Å²) < 4.78 is 42.4. The van der Waals surface area contributed by atoms with E-state index in [4.69, 9.17) is 16.3 Å². The number of rotatable bonds is 2. The van der Waals surface area contributed by atoms with Crippen molar-refractivity contribution in [2.45, 2.75) is 6.18 Å². The van der Waals surface area contributed by atoms with E-state index in [0.717, 1.165) is 12.1 Å². The second-order valence-corrected chi connectivity index (χ2v) is 3.90. The fraction of sp³-hybridized carbons (Fsp3) is 0.0769. The SMILES string of the molecule is FC(F)(F)c1ccc(Oc2cc[c]c(Cl)c2)cc1. The summed E-state index contributed by atoms with van der Waals surface area (Å²) >= 11 is 5.71. The zero-order valence-electron chi connectivity index (χ0n) is 8.96.